The van der Waals surface area contributed by atoms with Crippen molar-refractivity contribution in [2.24, 2.45) is 10.8 Å². The van der Waals surface area contributed by atoms with Crippen LogP contribution in [0, 0.1) is 0 Å². The molecule has 0 aliphatic carbocycles. The molecule has 0 aliphatic heterocycles. The number of ether oxygens (including phenoxy) is 2. The SMILES string of the molecule is CCOc1cc(/C=N\NC(N)=S)ccc1OS(=O)(=O)c1ccc(OC)cc1. The highest BCUT2D eigenvalue weighted by Gasteiger charge is 2.19. The normalized spacial score (nSPS) is 11.2. The molecule has 10 heteroatoms. The number of thiocarbonyl (C=S) groups is 1. The van der Waals surface area contributed by atoms with E-state index in [2.05, 4.69) is 22.7 Å². The first-order chi connectivity index (χ1) is 12.9. The van der Waals surface area contributed by atoms with Crippen LogP contribution >= 0.6 is 12.2 Å². The molecule has 2 rings (SSSR count). The molecule has 0 amide bonds. The van der Waals surface area contributed by atoms with Crippen LogP contribution in [0.2, 0.25) is 0 Å². The van der Waals surface area contributed by atoms with Gasteiger partial charge in [-0.1, -0.05) is 0 Å². The van der Waals surface area contributed by atoms with Gasteiger partial charge in [-0.05, 0) is 67.2 Å². The largest absolute Gasteiger partial charge is 0.497 e. The van der Waals surface area contributed by atoms with Gasteiger partial charge in [0.15, 0.2) is 16.6 Å². The van der Waals surface area contributed by atoms with Crippen molar-refractivity contribution >= 4 is 33.7 Å². The molecule has 0 spiro atoms. The number of methoxy groups -OCH3 is 1. The number of benzene rings is 2. The summed E-state index contributed by atoms with van der Waals surface area (Å²) in [7, 11) is -2.54. The molecule has 0 aliphatic rings. The van der Waals surface area contributed by atoms with Crippen LogP contribution < -0.4 is 24.8 Å². The fraction of sp³-hybridized carbons (Fsp3) is 0.176. The fourth-order valence-corrected chi connectivity index (χ4v) is 3.01. The molecule has 144 valence electrons. The van der Waals surface area contributed by atoms with Crippen LogP contribution in [0.5, 0.6) is 17.2 Å². The van der Waals surface area contributed by atoms with E-state index in [0.29, 0.717) is 17.9 Å². The number of hydrogen-bond donors (Lipinski definition) is 2. The minimum Gasteiger partial charge on any atom is -0.497 e. The lowest BCUT2D eigenvalue weighted by molar-refractivity contribution is 0.327. The molecule has 27 heavy (non-hydrogen) atoms. The van der Waals surface area contributed by atoms with Crippen LogP contribution in [0.4, 0.5) is 0 Å². The number of nitrogens with zero attached hydrogens (tertiary/aromatic N) is 1. The van der Waals surface area contributed by atoms with Gasteiger partial charge in [0.2, 0.25) is 0 Å². The zero-order valence-corrected chi connectivity index (χ0v) is 16.3. The lowest BCUT2D eigenvalue weighted by atomic mass is 10.2. The Kier molecular flexibility index (Phi) is 6.97. The van der Waals surface area contributed by atoms with Gasteiger partial charge in [0.05, 0.1) is 19.9 Å². The fourth-order valence-electron chi connectivity index (χ4n) is 2.02. The molecule has 0 saturated heterocycles. The average molecular weight is 409 g/mol. The summed E-state index contributed by atoms with van der Waals surface area (Å²) in [5.74, 6) is 0.860. The van der Waals surface area contributed by atoms with E-state index in [1.807, 2.05) is 0 Å². The van der Waals surface area contributed by atoms with Gasteiger partial charge >= 0.3 is 10.1 Å². The number of hydrogen-bond acceptors (Lipinski definition) is 7. The maximum absolute atomic E-state index is 12.5. The molecule has 3 N–H and O–H groups in total. The molecule has 8 nitrogen and oxygen atoms in total. The maximum Gasteiger partial charge on any atom is 0.339 e. The van der Waals surface area contributed by atoms with E-state index < -0.39 is 10.1 Å². The van der Waals surface area contributed by atoms with Gasteiger partial charge in [-0.3, -0.25) is 5.43 Å². The Morgan fingerprint density at radius 2 is 1.93 bits per heavy atom. The topological polar surface area (TPSA) is 112 Å². The number of rotatable bonds is 8. The molecular weight excluding hydrogens is 390 g/mol. The van der Waals surface area contributed by atoms with Crippen molar-refractivity contribution in [3.8, 4) is 17.2 Å². The summed E-state index contributed by atoms with van der Waals surface area (Å²) in [6.45, 7) is 2.10. The third-order valence-electron chi connectivity index (χ3n) is 3.20. The Morgan fingerprint density at radius 1 is 1.22 bits per heavy atom. The van der Waals surface area contributed by atoms with Crippen LogP contribution in [-0.2, 0) is 10.1 Å². The second-order valence-corrected chi connectivity index (χ2v) is 7.07. The molecule has 0 unspecified atom stereocenters. The third kappa shape index (κ3) is 5.83. The van der Waals surface area contributed by atoms with E-state index in [1.54, 1.807) is 19.1 Å². The molecule has 0 bridgehead atoms. The van der Waals surface area contributed by atoms with Gasteiger partial charge in [0.25, 0.3) is 0 Å². The van der Waals surface area contributed by atoms with E-state index in [9.17, 15) is 8.42 Å². The first-order valence-corrected chi connectivity index (χ1v) is 9.61. The number of nitrogens with one attached hydrogen (secondary N) is 1. The van der Waals surface area contributed by atoms with Crippen molar-refractivity contribution in [1.29, 1.82) is 0 Å². The molecule has 0 atom stereocenters. The highest BCUT2D eigenvalue weighted by molar-refractivity contribution is 7.87. The van der Waals surface area contributed by atoms with E-state index in [-0.39, 0.29) is 21.5 Å². The molecular formula is C17H19N3O5S2. The summed E-state index contributed by atoms with van der Waals surface area (Å²) in [5.41, 5.74) is 8.35. The van der Waals surface area contributed by atoms with E-state index >= 15 is 0 Å². The van der Waals surface area contributed by atoms with Gasteiger partial charge in [-0.15, -0.1) is 0 Å². The van der Waals surface area contributed by atoms with Gasteiger partial charge in [0, 0.05) is 0 Å². The summed E-state index contributed by atoms with van der Waals surface area (Å²) >= 11 is 4.65. The van der Waals surface area contributed by atoms with Gasteiger partial charge < -0.3 is 19.4 Å². The Bertz CT molecular complexity index is 928. The quantitative estimate of drug-likeness (QED) is 0.295. The van der Waals surface area contributed by atoms with Crippen molar-refractivity contribution in [2.75, 3.05) is 13.7 Å². The Balaban J connectivity index is 2.27. The second kappa shape index (κ2) is 9.19. The Morgan fingerprint density at radius 3 is 2.52 bits per heavy atom. The predicted octanol–water partition coefficient (Wildman–Crippen LogP) is 2.03. The molecule has 0 radical (unpaired) electrons. The molecule has 0 aromatic heterocycles. The zero-order valence-electron chi connectivity index (χ0n) is 14.7. The highest BCUT2D eigenvalue weighted by atomic mass is 32.2. The Labute approximate surface area is 163 Å². The molecule has 0 heterocycles. The first-order valence-electron chi connectivity index (χ1n) is 7.79. The first kappa shape index (κ1) is 20.5. The van der Waals surface area contributed by atoms with E-state index in [4.69, 9.17) is 19.4 Å². The minimum absolute atomic E-state index is 0.00274. The minimum atomic E-state index is -4.04. The van der Waals surface area contributed by atoms with Crippen LogP contribution in [0.3, 0.4) is 0 Å². The summed E-state index contributed by atoms with van der Waals surface area (Å²) in [6.07, 6.45) is 1.46. The molecule has 0 saturated carbocycles. The lowest BCUT2D eigenvalue weighted by Gasteiger charge is -2.12. The standard InChI is InChI=1S/C17H19N3O5S2/c1-3-24-16-10-12(11-19-20-17(18)26)4-9-15(16)25-27(21,22)14-7-5-13(23-2)6-8-14/h4-11H,3H2,1-2H3,(H3,18,20,26)/b19-11-. The average Bonchev–Trinajstić information content (AvgIpc) is 2.63. The monoisotopic (exact) mass is 409 g/mol. The second-order valence-electron chi connectivity index (χ2n) is 5.09. The van der Waals surface area contributed by atoms with Crippen molar-refractivity contribution < 1.29 is 22.1 Å². The lowest BCUT2D eigenvalue weighted by Crippen LogP contribution is -2.23. The van der Waals surface area contributed by atoms with Crippen LogP contribution in [0.25, 0.3) is 0 Å². The summed E-state index contributed by atoms with van der Waals surface area (Å²) in [5, 5.41) is 3.87. The van der Waals surface area contributed by atoms with Crippen molar-refractivity contribution in [3.63, 3.8) is 0 Å². The van der Waals surface area contributed by atoms with Gasteiger partial charge in [0.1, 0.15) is 10.6 Å². The third-order valence-corrected chi connectivity index (χ3v) is 4.54. The van der Waals surface area contributed by atoms with Crippen molar-refractivity contribution in [2.45, 2.75) is 11.8 Å². The molecule has 2 aromatic rings. The van der Waals surface area contributed by atoms with Crippen molar-refractivity contribution in [3.05, 3.63) is 48.0 Å². The van der Waals surface area contributed by atoms with E-state index in [0.717, 1.165) is 0 Å². The Hall–Kier alpha value is -2.85. The van der Waals surface area contributed by atoms with Crippen LogP contribution in [0.1, 0.15) is 12.5 Å². The number of nitrogens with two attached hydrogens (primary N) is 1. The summed E-state index contributed by atoms with van der Waals surface area (Å²) in [4.78, 5) is -0.00274. The maximum atomic E-state index is 12.5. The molecule has 0 fully saturated rings. The van der Waals surface area contributed by atoms with E-state index in [1.165, 1.54) is 43.7 Å². The summed E-state index contributed by atoms with van der Waals surface area (Å²) < 4.78 is 40.8. The van der Waals surface area contributed by atoms with Gasteiger partial charge in [-0.25, -0.2) is 0 Å². The molecule has 2 aromatic carbocycles. The smallest absolute Gasteiger partial charge is 0.339 e. The highest BCUT2D eigenvalue weighted by Crippen LogP contribution is 2.31. The number of hydrazone groups is 1. The van der Waals surface area contributed by atoms with Crippen molar-refractivity contribution in [1.82, 2.24) is 5.43 Å². The van der Waals surface area contributed by atoms with Crippen LogP contribution in [-0.4, -0.2) is 33.5 Å². The van der Waals surface area contributed by atoms with Gasteiger partial charge in [-0.2, -0.15) is 13.5 Å². The van der Waals surface area contributed by atoms with Crippen LogP contribution in [0.15, 0.2) is 52.5 Å². The summed E-state index contributed by atoms with van der Waals surface area (Å²) in [6, 6.07) is 10.6. The predicted molar refractivity (Wildman–Crippen MR) is 106 cm³/mol. The zero-order chi connectivity index (χ0) is 19.9.